The Labute approximate surface area is 243 Å². The molecule has 0 aliphatic carbocycles. The van der Waals surface area contributed by atoms with Crippen molar-refractivity contribution in [3.05, 3.63) is 59.2 Å². The average Bonchev–Trinajstić information content (AvgIpc) is 3.31. The van der Waals surface area contributed by atoms with Gasteiger partial charge in [-0.3, -0.25) is 19.9 Å². The number of hydrogen-bond donors (Lipinski definition) is 3. The molecular weight excluding hydrogens is 543 g/mol. The Morgan fingerprint density at radius 3 is 2.23 bits per heavy atom. The van der Waals surface area contributed by atoms with E-state index < -0.39 is 6.09 Å². The normalized spacial score (nSPS) is 12.1. The number of nitrogens with one attached hydrogen (secondary N) is 3. The fourth-order valence-corrected chi connectivity index (χ4v) is 4.17. The zero-order valence-electron chi connectivity index (χ0n) is 23.2. The summed E-state index contributed by atoms with van der Waals surface area (Å²) in [6.45, 7) is 8.41. The highest BCUT2D eigenvalue weighted by molar-refractivity contribution is 5.89. The van der Waals surface area contributed by atoms with Crippen LogP contribution >= 0.6 is 24.8 Å². The van der Waals surface area contributed by atoms with Crippen molar-refractivity contribution in [1.29, 1.82) is 0 Å². The molecule has 1 aliphatic heterocycles. The number of nitrogens with zero attached hydrogens (tertiary/aromatic N) is 3. The first kappa shape index (κ1) is 34.0. The summed E-state index contributed by atoms with van der Waals surface area (Å²) >= 11 is 0. The van der Waals surface area contributed by atoms with E-state index in [9.17, 15) is 14.4 Å². The van der Waals surface area contributed by atoms with Gasteiger partial charge in [-0.1, -0.05) is 44.2 Å². The number of hydrogen-bond acceptors (Lipinski definition) is 7. The second-order valence-electron chi connectivity index (χ2n) is 9.44. The number of benzene rings is 2. The third-order valence-electron chi connectivity index (χ3n) is 6.25. The van der Waals surface area contributed by atoms with Gasteiger partial charge in [0.05, 0.1) is 20.2 Å². The van der Waals surface area contributed by atoms with Crippen molar-refractivity contribution >= 4 is 54.1 Å². The Morgan fingerprint density at radius 2 is 1.64 bits per heavy atom. The molecule has 0 bridgehead atoms. The molecule has 0 fully saturated rings. The molecule has 39 heavy (non-hydrogen) atoms. The Balaban J connectivity index is 0.00000380. The highest BCUT2D eigenvalue weighted by Crippen LogP contribution is 2.26. The van der Waals surface area contributed by atoms with Crippen molar-refractivity contribution in [3.63, 3.8) is 0 Å². The second kappa shape index (κ2) is 16.1. The van der Waals surface area contributed by atoms with E-state index in [-0.39, 0.29) is 49.7 Å². The third-order valence-corrected chi connectivity index (χ3v) is 6.25. The summed E-state index contributed by atoms with van der Waals surface area (Å²) in [6, 6.07) is 13.8. The molecule has 12 heteroatoms. The van der Waals surface area contributed by atoms with Gasteiger partial charge < -0.3 is 20.3 Å². The van der Waals surface area contributed by atoms with Crippen molar-refractivity contribution in [1.82, 2.24) is 20.7 Å². The number of halogens is 2. The summed E-state index contributed by atoms with van der Waals surface area (Å²) < 4.78 is 4.70. The molecule has 10 nitrogen and oxygen atoms in total. The minimum absolute atomic E-state index is 0. The number of aryl methyl sites for hydroxylation is 1. The molecular formula is C27H40Cl2N6O4. The summed E-state index contributed by atoms with van der Waals surface area (Å²) in [6.07, 6.45) is -0.596. The number of amides is 3. The van der Waals surface area contributed by atoms with Crippen LogP contribution in [0.1, 0.15) is 30.5 Å². The largest absolute Gasteiger partial charge is 0.453 e. The quantitative estimate of drug-likeness (QED) is 0.349. The molecule has 0 saturated carbocycles. The molecule has 0 saturated heterocycles. The van der Waals surface area contributed by atoms with E-state index >= 15 is 0 Å². The van der Waals surface area contributed by atoms with E-state index in [2.05, 4.69) is 28.1 Å². The lowest BCUT2D eigenvalue weighted by atomic mass is 10.1. The predicted molar refractivity (Wildman–Crippen MR) is 159 cm³/mol. The number of carbonyl (C=O) groups excluding carboxylic acids is 3. The van der Waals surface area contributed by atoms with Crippen LogP contribution in [-0.2, 0) is 27.4 Å². The van der Waals surface area contributed by atoms with E-state index in [1.54, 1.807) is 29.1 Å². The molecule has 0 unspecified atom stereocenters. The van der Waals surface area contributed by atoms with E-state index in [0.717, 1.165) is 5.56 Å². The van der Waals surface area contributed by atoms with Gasteiger partial charge in [0.25, 0.3) is 5.91 Å². The van der Waals surface area contributed by atoms with Crippen molar-refractivity contribution in [3.8, 4) is 0 Å². The molecule has 0 atom stereocenters. The molecule has 0 radical (unpaired) electrons. The van der Waals surface area contributed by atoms with Crippen LogP contribution in [-0.4, -0.2) is 74.3 Å². The topological polar surface area (TPSA) is 106 Å². The summed E-state index contributed by atoms with van der Waals surface area (Å²) in [5, 5.41) is 12.5. The van der Waals surface area contributed by atoms with E-state index in [0.29, 0.717) is 43.6 Å². The first-order chi connectivity index (χ1) is 17.7. The van der Waals surface area contributed by atoms with Gasteiger partial charge in [-0.15, -0.1) is 24.8 Å². The molecule has 2 aromatic carbocycles. The van der Waals surface area contributed by atoms with Crippen LogP contribution in [0, 0.1) is 6.92 Å². The van der Waals surface area contributed by atoms with Crippen LogP contribution in [0.5, 0.6) is 0 Å². The Kier molecular flexibility index (Phi) is 14.1. The summed E-state index contributed by atoms with van der Waals surface area (Å²) in [5.41, 5.74) is 4.45. The van der Waals surface area contributed by atoms with Gasteiger partial charge in [0.2, 0.25) is 5.91 Å². The first-order valence-corrected chi connectivity index (χ1v) is 12.5. The van der Waals surface area contributed by atoms with Crippen molar-refractivity contribution in [2.24, 2.45) is 0 Å². The van der Waals surface area contributed by atoms with Crippen molar-refractivity contribution < 1.29 is 19.1 Å². The molecule has 216 valence electrons. The fourth-order valence-electron chi connectivity index (χ4n) is 4.17. The number of ether oxygens (including phenoxy) is 1. The summed E-state index contributed by atoms with van der Waals surface area (Å²) in [4.78, 5) is 39.7. The van der Waals surface area contributed by atoms with Gasteiger partial charge in [-0.05, 0) is 35.7 Å². The lowest BCUT2D eigenvalue weighted by molar-refractivity contribution is -0.145. The number of likely N-dealkylation sites (N-methyl/N-ethyl adjacent to an activating group) is 1. The highest BCUT2D eigenvalue weighted by Gasteiger charge is 2.27. The van der Waals surface area contributed by atoms with Crippen LogP contribution in [0.4, 0.5) is 16.2 Å². The van der Waals surface area contributed by atoms with E-state index in [1.165, 1.54) is 18.2 Å². The second-order valence-corrected chi connectivity index (χ2v) is 9.44. The molecule has 2 aromatic rings. The lowest BCUT2D eigenvalue weighted by Crippen LogP contribution is -2.48. The first-order valence-electron chi connectivity index (χ1n) is 12.5. The van der Waals surface area contributed by atoms with Gasteiger partial charge in [0, 0.05) is 50.6 Å². The summed E-state index contributed by atoms with van der Waals surface area (Å²) in [7, 11) is 3.05. The maximum Gasteiger partial charge on any atom is 0.411 e. The number of carbonyl (C=O) groups is 3. The van der Waals surface area contributed by atoms with Crippen molar-refractivity contribution in [2.75, 3.05) is 50.6 Å². The highest BCUT2D eigenvalue weighted by atomic mass is 35.5. The molecule has 1 aliphatic rings. The monoisotopic (exact) mass is 582 g/mol. The van der Waals surface area contributed by atoms with Gasteiger partial charge >= 0.3 is 6.09 Å². The third kappa shape index (κ3) is 9.89. The molecule has 1 heterocycles. The maximum atomic E-state index is 13.4. The number of methoxy groups -OCH3 is 1. The average molecular weight is 584 g/mol. The molecule has 3 rings (SSSR count). The van der Waals surface area contributed by atoms with E-state index in [4.69, 9.17) is 4.74 Å². The van der Waals surface area contributed by atoms with Gasteiger partial charge in [-0.2, -0.15) is 0 Å². The minimum atomic E-state index is -0.596. The Bertz CT molecular complexity index is 1090. The summed E-state index contributed by atoms with van der Waals surface area (Å²) in [5.74, 6) is -0.340. The van der Waals surface area contributed by atoms with Crippen LogP contribution in [0.2, 0.25) is 0 Å². The van der Waals surface area contributed by atoms with Crippen LogP contribution in [0.25, 0.3) is 0 Å². The van der Waals surface area contributed by atoms with Crippen LogP contribution < -0.4 is 20.9 Å². The van der Waals surface area contributed by atoms with Crippen LogP contribution in [0.3, 0.4) is 0 Å². The zero-order valence-corrected chi connectivity index (χ0v) is 24.8. The Hall–Kier alpha value is -3.05. The SMILES string of the molecule is COC(=O)Nc1ccc(C)c(N(CC(=O)NCCNC(C)C)CC(=O)N(C)N2Cc3ccccc3C2)c1.Cl.Cl. The standard InChI is InChI=1S/C27H38N6O4.2ClH/c1-19(2)28-12-13-29-25(34)17-32(24-14-23(11-10-20(24)3)30-27(36)37-5)18-26(35)31(4)33-15-21-8-6-7-9-22(21)16-33;;/h6-11,14,19,28H,12-13,15-18H2,1-5H3,(H,29,34)(H,30,36);2*1H. The number of rotatable bonds is 11. The fraction of sp³-hybridized carbons (Fsp3) is 0.444. The predicted octanol–water partition coefficient (Wildman–Crippen LogP) is 3.33. The molecule has 3 N–H and O–H groups in total. The minimum Gasteiger partial charge on any atom is -0.453 e. The smallest absolute Gasteiger partial charge is 0.411 e. The number of anilines is 2. The van der Waals surface area contributed by atoms with Gasteiger partial charge in [0.15, 0.2) is 0 Å². The van der Waals surface area contributed by atoms with Gasteiger partial charge in [-0.25, -0.2) is 9.80 Å². The maximum absolute atomic E-state index is 13.4. The lowest BCUT2D eigenvalue weighted by Gasteiger charge is -2.32. The Morgan fingerprint density at radius 1 is 1.00 bits per heavy atom. The van der Waals surface area contributed by atoms with Gasteiger partial charge in [0.1, 0.15) is 0 Å². The zero-order chi connectivity index (χ0) is 26.9. The molecule has 0 spiro atoms. The number of fused-ring (bicyclic) bond motifs is 1. The van der Waals surface area contributed by atoms with E-state index in [1.807, 2.05) is 44.0 Å². The van der Waals surface area contributed by atoms with Crippen molar-refractivity contribution in [2.45, 2.75) is 39.9 Å². The molecule has 3 amide bonds. The molecule has 0 aromatic heterocycles. The van der Waals surface area contributed by atoms with Crippen LogP contribution in [0.15, 0.2) is 42.5 Å². The number of hydrazine groups is 1.